The van der Waals surface area contributed by atoms with Gasteiger partial charge in [-0.15, -0.1) is 0 Å². The second-order valence-corrected chi connectivity index (χ2v) is 4.91. The number of nitrogens with zero attached hydrogens (tertiary/aromatic N) is 1. The molecule has 0 spiro atoms. The zero-order valence-electron chi connectivity index (χ0n) is 10.4. The Morgan fingerprint density at radius 2 is 2.17 bits per heavy atom. The third-order valence-electron chi connectivity index (χ3n) is 2.71. The number of aliphatic hydroxyl groups is 1. The van der Waals surface area contributed by atoms with Gasteiger partial charge >= 0.3 is 0 Å². The molecule has 0 radical (unpaired) electrons. The first-order chi connectivity index (χ1) is 8.35. The van der Waals surface area contributed by atoms with Crippen molar-refractivity contribution in [1.82, 2.24) is 0 Å². The summed E-state index contributed by atoms with van der Waals surface area (Å²) in [5.41, 5.74) is -0.220. The lowest BCUT2D eigenvalue weighted by Gasteiger charge is -2.24. The van der Waals surface area contributed by atoms with E-state index in [1.807, 2.05) is 13.8 Å². The van der Waals surface area contributed by atoms with Crippen LogP contribution in [0.4, 0.5) is 15.8 Å². The Hall–Kier alpha value is -1.69. The fraction of sp³-hybridized carbons (Fsp3) is 0.500. The molecule has 1 aromatic rings. The lowest BCUT2D eigenvalue weighted by molar-refractivity contribution is -0.385. The molecule has 0 fully saturated rings. The van der Waals surface area contributed by atoms with Crippen LogP contribution in [0.15, 0.2) is 18.2 Å². The second kappa shape index (κ2) is 5.77. The van der Waals surface area contributed by atoms with Crippen LogP contribution in [0, 0.1) is 21.3 Å². The molecule has 0 saturated heterocycles. The van der Waals surface area contributed by atoms with Crippen LogP contribution in [-0.2, 0) is 0 Å². The number of nitro benzene ring substituents is 1. The van der Waals surface area contributed by atoms with Gasteiger partial charge in [0.25, 0.3) is 5.69 Å². The summed E-state index contributed by atoms with van der Waals surface area (Å²) in [4.78, 5) is 9.82. The van der Waals surface area contributed by atoms with Crippen molar-refractivity contribution in [1.29, 1.82) is 0 Å². The van der Waals surface area contributed by atoms with Crippen LogP contribution in [0.1, 0.15) is 20.3 Å². The molecule has 0 atom stereocenters. The van der Waals surface area contributed by atoms with E-state index in [0.29, 0.717) is 13.0 Å². The fourth-order valence-corrected chi connectivity index (χ4v) is 1.49. The Balaban J connectivity index is 2.71. The molecule has 0 saturated carbocycles. The molecule has 0 heterocycles. The number of benzene rings is 1. The Kier molecular flexibility index (Phi) is 4.61. The lowest BCUT2D eigenvalue weighted by atomic mass is 9.89. The van der Waals surface area contributed by atoms with E-state index in [0.717, 1.165) is 6.07 Å². The van der Waals surface area contributed by atoms with Crippen molar-refractivity contribution >= 4 is 11.4 Å². The Bertz CT molecular complexity index is 435. The summed E-state index contributed by atoms with van der Waals surface area (Å²) in [6, 6.07) is 3.49. The number of nitro groups is 1. The molecule has 6 heteroatoms. The van der Waals surface area contributed by atoms with E-state index in [4.69, 9.17) is 5.11 Å². The lowest BCUT2D eigenvalue weighted by Crippen LogP contribution is -2.24. The third-order valence-corrected chi connectivity index (χ3v) is 2.71. The molecule has 0 aromatic heterocycles. The SMILES string of the molecule is CC(C)(CCO)CNc1ccc([N+](=O)[O-])cc1F. The average molecular weight is 256 g/mol. The summed E-state index contributed by atoms with van der Waals surface area (Å²) in [6.45, 7) is 4.43. The number of rotatable bonds is 6. The van der Waals surface area contributed by atoms with E-state index in [1.165, 1.54) is 12.1 Å². The molecule has 0 aliphatic rings. The van der Waals surface area contributed by atoms with Crippen molar-refractivity contribution in [3.05, 3.63) is 34.1 Å². The van der Waals surface area contributed by atoms with Crippen LogP contribution < -0.4 is 5.32 Å². The number of non-ortho nitro benzene ring substituents is 1. The molecular weight excluding hydrogens is 239 g/mol. The maximum Gasteiger partial charge on any atom is 0.272 e. The molecule has 1 aromatic carbocycles. The summed E-state index contributed by atoms with van der Waals surface area (Å²) in [7, 11) is 0. The smallest absolute Gasteiger partial charge is 0.272 e. The number of anilines is 1. The van der Waals surface area contributed by atoms with Crippen molar-refractivity contribution in [2.45, 2.75) is 20.3 Å². The van der Waals surface area contributed by atoms with Crippen molar-refractivity contribution in [3.63, 3.8) is 0 Å². The van der Waals surface area contributed by atoms with Crippen LogP contribution in [0.3, 0.4) is 0 Å². The number of nitrogens with one attached hydrogen (secondary N) is 1. The molecule has 0 bridgehead atoms. The second-order valence-electron chi connectivity index (χ2n) is 4.91. The highest BCUT2D eigenvalue weighted by Crippen LogP contribution is 2.24. The topological polar surface area (TPSA) is 75.4 Å². The highest BCUT2D eigenvalue weighted by atomic mass is 19.1. The molecule has 0 amide bonds. The van der Waals surface area contributed by atoms with Gasteiger partial charge in [-0.3, -0.25) is 10.1 Å². The molecule has 0 aliphatic carbocycles. The van der Waals surface area contributed by atoms with Crippen molar-refractivity contribution in [2.24, 2.45) is 5.41 Å². The van der Waals surface area contributed by atoms with Crippen molar-refractivity contribution < 1.29 is 14.4 Å². The quantitative estimate of drug-likeness (QED) is 0.606. The maximum atomic E-state index is 13.6. The summed E-state index contributed by atoms with van der Waals surface area (Å²) in [6.07, 6.45) is 0.592. The predicted octanol–water partition coefficient (Wildman–Crippen LogP) is 2.55. The van der Waals surface area contributed by atoms with E-state index in [9.17, 15) is 14.5 Å². The van der Waals surface area contributed by atoms with Gasteiger partial charge in [-0.25, -0.2) is 4.39 Å². The van der Waals surface area contributed by atoms with Gasteiger partial charge in [0.15, 0.2) is 5.82 Å². The van der Waals surface area contributed by atoms with Gasteiger partial charge in [0.2, 0.25) is 0 Å². The minimum atomic E-state index is -0.649. The highest BCUT2D eigenvalue weighted by Gasteiger charge is 2.18. The summed E-state index contributed by atoms with van der Waals surface area (Å²) < 4.78 is 13.6. The van der Waals surface area contributed by atoms with Gasteiger partial charge < -0.3 is 10.4 Å². The minimum absolute atomic E-state index is 0.0669. The van der Waals surface area contributed by atoms with Crippen LogP contribution in [0.25, 0.3) is 0 Å². The first-order valence-electron chi connectivity index (χ1n) is 5.64. The number of hydrogen-bond acceptors (Lipinski definition) is 4. The average Bonchev–Trinajstić information content (AvgIpc) is 2.27. The van der Waals surface area contributed by atoms with Crippen molar-refractivity contribution in [2.75, 3.05) is 18.5 Å². The molecule has 100 valence electrons. The van der Waals surface area contributed by atoms with Gasteiger partial charge in [-0.1, -0.05) is 13.8 Å². The predicted molar refractivity (Wildman–Crippen MR) is 67.0 cm³/mol. The molecule has 0 aliphatic heterocycles. The van der Waals surface area contributed by atoms with E-state index in [2.05, 4.69) is 5.32 Å². The van der Waals surface area contributed by atoms with Gasteiger partial charge in [-0.2, -0.15) is 0 Å². The molecule has 5 nitrogen and oxygen atoms in total. The van der Waals surface area contributed by atoms with Gasteiger partial charge in [-0.05, 0) is 17.9 Å². The minimum Gasteiger partial charge on any atom is -0.396 e. The van der Waals surface area contributed by atoms with Crippen LogP contribution >= 0.6 is 0 Å². The molecular formula is C12H17FN2O3. The number of aliphatic hydroxyl groups excluding tert-OH is 1. The third kappa shape index (κ3) is 3.96. The highest BCUT2D eigenvalue weighted by molar-refractivity contribution is 5.50. The van der Waals surface area contributed by atoms with Crippen molar-refractivity contribution in [3.8, 4) is 0 Å². The normalized spacial score (nSPS) is 11.3. The Morgan fingerprint density at radius 1 is 1.50 bits per heavy atom. The van der Waals surface area contributed by atoms with Crippen LogP contribution in [0.2, 0.25) is 0 Å². The van der Waals surface area contributed by atoms with Gasteiger partial charge in [0.05, 0.1) is 16.7 Å². The first-order valence-corrected chi connectivity index (χ1v) is 5.64. The fourth-order valence-electron chi connectivity index (χ4n) is 1.49. The maximum absolute atomic E-state index is 13.6. The Labute approximate surface area is 105 Å². The van der Waals surface area contributed by atoms with E-state index in [1.54, 1.807) is 0 Å². The molecule has 0 unspecified atom stereocenters. The zero-order valence-corrected chi connectivity index (χ0v) is 10.4. The largest absolute Gasteiger partial charge is 0.396 e. The number of hydrogen-bond donors (Lipinski definition) is 2. The van der Waals surface area contributed by atoms with Crippen LogP contribution in [0.5, 0.6) is 0 Å². The Morgan fingerprint density at radius 3 is 2.67 bits per heavy atom. The summed E-state index contributed by atoms with van der Waals surface area (Å²) in [5, 5.41) is 22.2. The van der Waals surface area contributed by atoms with Crippen LogP contribution in [-0.4, -0.2) is 23.2 Å². The molecule has 2 N–H and O–H groups in total. The van der Waals surface area contributed by atoms with E-state index >= 15 is 0 Å². The zero-order chi connectivity index (χ0) is 13.8. The van der Waals surface area contributed by atoms with E-state index in [-0.39, 0.29) is 23.4 Å². The standard InChI is InChI=1S/C12H17FN2O3/c1-12(2,5-6-16)8-14-11-4-3-9(15(17)18)7-10(11)13/h3-4,7,14,16H,5-6,8H2,1-2H3. The van der Waals surface area contributed by atoms with Gasteiger partial charge in [0.1, 0.15) is 0 Å². The summed E-state index contributed by atoms with van der Waals surface area (Å²) >= 11 is 0. The molecule has 1 rings (SSSR count). The first kappa shape index (κ1) is 14.4. The summed E-state index contributed by atoms with van der Waals surface area (Å²) in [5.74, 6) is -0.649. The monoisotopic (exact) mass is 256 g/mol. The number of halogens is 1. The molecule has 18 heavy (non-hydrogen) atoms. The van der Waals surface area contributed by atoms with E-state index < -0.39 is 10.7 Å². The van der Waals surface area contributed by atoms with Gasteiger partial charge in [0, 0.05) is 19.2 Å².